The molecule has 2 aromatic rings. The summed E-state index contributed by atoms with van der Waals surface area (Å²) in [7, 11) is 0. The maximum atomic E-state index is 13.5. The number of aromatic nitrogens is 2. The van der Waals surface area contributed by atoms with Crippen LogP contribution >= 0.6 is 0 Å². The van der Waals surface area contributed by atoms with Crippen LogP contribution in [0.3, 0.4) is 0 Å². The first kappa shape index (κ1) is 21.3. The molecule has 28 heavy (non-hydrogen) atoms. The molecule has 12 heteroatoms. The number of likely N-dealkylation sites (N-methyl/N-ethyl adjacent to an activating group) is 1. The summed E-state index contributed by atoms with van der Waals surface area (Å²) >= 11 is 0. The van der Waals surface area contributed by atoms with Crippen LogP contribution in [0.1, 0.15) is 6.92 Å². The van der Waals surface area contributed by atoms with Crippen LogP contribution in [0.25, 0.3) is 0 Å². The van der Waals surface area contributed by atoms with Gasteiger partial charge in [0.25, 0.3) is 0 Å². The number of nitrogens with zero attached hydrogens (tertiary/aromatic N) is 3. The Bertz CT molecular complexity index is 797. The lowest BCUT2D eigenvalue weighted by Crippen LogP contribution is -2.45. The van der Waals surface area contributed by atoms with Gasteiger partial charge in [-0.2, -0.15) is 13.2 Å². The van der Waals surface area contributed by atoms with Gasteiger partial charge < -0.3 is 14.7 Å². The predicted octanol–water partition coefficient (Wildman–Crippen LogP) is 3.32. The topological polar surface area (TPSA) is 87.6 Å². The molecule has 0 aliphatic heterocycles. The maximum Gasteiger partial charge on any atom is 0.416 e. The predicted molar refractivity (Wildman–Crippen MR) is 86.8 cm³/mol. The molecule has 2 rings (SSSR count). The van der Waals surface area contributed by atoms with E-state index in [1.165, 1.54) is 6.92 Å². The molecule has 0 unspecified atom stereocenters. The minimum atomic E-state index is -4.87. The fraction of sp³-hybridized carbons (Fsp3) is 0.312. The third-order valence-electron chi connectivity index (χ3n) is 3.43. The minimum absolute atomic E-state index is 0.111. The molecule has 0 spiro atoms. The Hall–Kier alpha value is -3.02. The Morgan fingerprint density at radius 1 is 1.25 bits per heavy atom. The average Bonchev–Trinajstić information content (AvgIpc) is 2.63. The number of hydrogen-bond acceptors (Lipinski definition) is 5. The maximum absolute atomic E-state index is 13.5. The number of anilines is 1. The molecule has 0 radical (unpaired) electrons. The van der Waals surface area contributed by atoms with Crippen molar-refractivity contribution in [2.24, 2.45) is 0 Å². The molecule has 0 fully saturated rings. The van der Waals surface area contributed by atoms with E-state index >= 15 is 0 Å². The van der Waals surface area contributed by atoms with E-state index < -0.39 is 42.2 Å². The highest BCUT2D eigenvalue weighted by Crippen LogP contribution is 2.26. The summed E-state index contributed by atoms with van der Waals surface area (Å²) < 4.78 is 69.3. The highest BCUT2D eigenvalue weighted by Gasteiger charge is 2.39. The van der Waals surface area contributed by atoms with Crippen molar-refractivity contribution in [3.8, 4) is 11.6 Å². The van der Waals surface area contributed by atoms with Crippen LogP contribution in [0.4, 0.5) is 32.6 Å². The van der Waals surface area contributed by atoms with E-state index in [0.717, 1.165) is 35.5 Å². The number of halogens is 5. The molecule has 1 aromatic carbocycles. The van der Waals surface area contributed by atoms with Gasteiger partial charge in [0.2, 0.25) is 11.6 Å². The zero-order valence-corrected chi connectivity index (χ0v) is 14.4. The number of aliphatic hydroxyl groups is 1. The first-order valence-corrected chi connectivity index (χ1v) is 7.86. The van der Waals surface area contributed by atoms with Gasteiger partial charge in [-0.25, -0.2) is 23.5 Å². The number of aliphatic hydroxyl groups excluding tert-OH is 1. The van der Waals surface area contributed by atoms with E-state index in [4.69, 9.17) is 9.84 Å². The van der Waals surface area contributed by atoms with E-state index in [0.29, 0.717) is 0 Å². The largest absolute Gasteiger partial charge is 0.431 e. The molecule has 2 amide bonds. The molecule has 1 aromatic heterocycles. The van der Waals surface area contributed by atoms with Crippen LogP contribution in [-0.2, 0) is 0 Å². The van der Waals surface area contributed by atoms with E-state index in [-0.39, 0.29) is 18.2 Å². The SMILES string of the molecule is CCN(C[C@@H](O)C(F)(F)F)C(=O)Nc1cnc(Oc2c(F)cccc2F)cn1. The summed E-state index contributed by atoms with van der Waals surface area (Å²) in [6, 6.07) is 2.16. The lowest BCUT2D eigenvalue weighted by Gasteiger charge is -2.25. The number of para-hydroxylation sites is 1. The lowest BCUT2D eigenvalue weighted by atomic mass is 10.3. The molecule has 1 heterocycles. The Labute approximate surface area is 155 Å². The number of amides is 2. The molecule has 152 valence electrons. The molecule has 0 aliphatic rings. The third kappa shape index (κ3) is 5.49. The number of nitrogens with one attached hydrogen (secondary N) is 1. The Morgan fingerprint density at radius 2 is 1.89 bits per heavy atom. The van der Waals surface area contributed by atoms with Crippen LogP contribution in [0.5, 0.6) is 11.6 Å². The summed E-state index contributed by atoms with van der Waals surface area (Å²) in [5, 5.41) is 11.3. The van der Waals surface area contributed by atoms with Crippen molar-refractivity contribution in [3.05, 3.63) is 42.2 Å². The van der Waals surface area contributed by atoms with Crippen molar-refractivity contribution in [3.63, 3.8) is 0 Å². The van der Waals surface area contributed by atoms with Crippen LogP contribution in [0.15, 0.2) is 30.6 Å². The monoisotopic (exact) mass is 406 g/mol. The summed E-state index contributed by atoms with van der Waals surface area (Å²) in [5.74, 6) is -3.03. The second-order valence-corrected chi connectivity index (χ2v) is 5.42. The molecule has 0 saturated heterocycles. The molecular formula is C16H15F5N4O3. The highest BCUT2D eigenvalue weighted by molar-refractivity contribution is 5.88. The van der Waals surface area contributed by atoms with Gasteiger partial charge in [-0.05, 0) is 19.1 Å². The van der Waals surface area contributed by atoms with Crippen molar-refractivity contribution in [1.82, 2.24) is 14.9 Å². The Kier molecular flexibility index (Phi) is 6.67. The smallest absolute Gasteiger partial charge is 0.416 e. The zero-order valence-electron chi connectivity index (χ0n) is 14.4. The minimum Gasteiger partial charge on any atom is -0.431 e. The average molecular weight is 406 g/mol. The highest BCUT2D eigenvalue weighted by atomic mass is 19.4. The first-order valence-electron chi connectivity index (χ1n) is 7.86. The Morgan fingerprint density at radius 3 is 2.39 bits per heavy atom. The number of rotatable bonds is 6. The van der Waals surface area contributed by atoms with Crippen molar-refractivity contribution in [1.29, 1.82) is 0 Å². The second kappa shape index (κ2) is 8.78. The van der Waals surface area contributed by atoms with Gasteiger partial charge in [0.05, 0.1) is 18.9 Å². The first-order chi connectivity index (χ1) is 13.1. The number of carbonyl (C=O) groups excluding carboxylic acids is 1. The second-order valence-electron chi connectivity index (χ2n) is 5.42. The molecule has 0 bridgehead atoms. The van der Waals surface area contributed by atoms with E-state index in [1.807, 2.05) is 0 Å². The van der Waals surface area contributed by atoms with Crippen molar-refractivity contribution in [2.75, 3.05) is 18.4 Å². The van der Waals surface area contributed by atoms with Gasteiger partial charge in [0, 0.05) is 6.54 Å². The van der Waals surface area contributed by atoms with Crippen molar-refractivity contribution >= 4 is 11.8 Å². The quantitative estimate of drug-likeness (QED) is 0.719. The fourth-order valence-electron chi connectivity index (χ4n) is 1.97. The summed E-state index contributed by atoms with van der Waals surface area (Å²) in [6.07, 6.45) is -5.62. The zero-order chi connectivity index (χ0) is 20.9. The van der Waals surface area contributed by atoms with Gasteiger partial charge in [-0.1, -0.05) is 6.07 Å². The van der Waals surface area contributed by atoms with Crippen molar-refractivity contribution < 1.29 is 36.6 Å². The van der Waals surface area contributed by atoms with E-state index in [2.05, 4.69) is 15.3 Å². The molecule has 0 saturated carbocycles. The molecule has 0 aliphatic carbocycles. The standard InChI is InChI=1S/C16H15F5N4O3/c1-2-25(8-11(26)16(19,20)21)15(27)24-12-6-23-13(7-22-12)28-14-9(17)4-3-5-10(14)18/h3-7,11,26H,2,8H2,1H3,(H,22,24,27)/t11-/m1/s1. The lowest BCUT2D eigenvalue weighted by molar-refractivity contribution is -0.206. The molecule has 2 N–H and O–H groups in total. The van der Waals surface area contributed by atoms with Crippen LogP contribution in [0.2, 0.25) is 0 Å². The third-order valence-corrected chi connectivity index (χ3v) is 3.43. The van der Waals surface area contributed by atoms with E-state index in [9.17, 15) is 26.7 Å². The van der Waals surface area contributed by atoms with Gasteiger partial charge in [0.1, 0.15) is 0 Å². The summed E-state index contributed by atoms with van der Waals surface area (Å²) in [5.41, 5.74) is 0. The van der Waals surface area contributed by atoms with Gasteiger partial charge in [-0.3, -0.25) is 5.32 Å². The van der Waals surface area contributed by atoms with Crippen LogP contribution < -0.4 is 10.1 Å². The number of ether oxygens (including phenoxy) is 1. The number of hydrogen-bond donors (Lipinski definition) is 2. The number of urea groups is 1. The summed E-state index contributed by atoms with van der Waals surface area (Å²) in [4.78, 5) is 20.2. The van der Waals surface area contributed by atoms with Crippen LogP contribution in [-0.4, -0.2) is 51.4 Å². The fourth-order valence-corrected chi connectivity index (χ4v) is 1.97. The summed E-state index contributed by atoms with van der Waals surface area (Å²) in [6.45, 7) is 0.349. The van der Waals surface area contributed by atoms with Gasteiger partial charge >= 0.3 is 12.2 Å². The van der Waals surface area contributed by atoms with Crippen molar-refractivity contribution in [2.45, 2.75) is 19.2 Å². The van der Waals surface area contributed by atoms with Crippen LogP contribution in [0, 0.1) is 11.6 Å². The number of carbonyl (C=O) groups is 1. The molecule has 1 atom stereocenters. The Balaban J connectivity index is 2.02. The normalized spacial score (nSPS) is 12.4. The number of alkyl halides is 3. The van der Waals surface area contributed by atoms with Gasteiger partial charge in [-0.15, -0.1) is 0 Å². The number of benzene rings is 1. The molecular weight excluding hydrogens is 391 g/mol. The van der Waals surface area contributed by atoms with Gasteiger partial charge in [0.15, 0.2) is 23.6 Å². The van der Waals surface area contributed by atoms with E-state index in [1.54, 1.807) is 0 Å². The molecule has 7 nitrogen and oxygen atoms in total.